The van der Waals surface area contributed by atoms with Gasteiger partial charge in [0.15, 0.2) is 11.5 Å². The molecule has 0 aliphatic heterocycles. The number of nitrogens with zero attached hydrogens (tertiary/aromatic N) is 4. The normalized spacial score (nSPS) is 11.0. The third-order valence-electron chi connectivity index (χ3n) is 5.32. The molecule has 166 valence electrons. The van der Waals surface area contributed by atoms with Crippen LogP contribution in [-0.2, 0) is 11.3 Å². The second-order valence-electron chi connectivity index (χ2n) is 7.16. The van der Waals surface area contributed by atoms with E-state index in [1.165, 1.54) is 6.33 Å². The fraction of sp³-hybridized carbons (Fsp3) is 0.304. The second-order valence-corrected chi connectivity index (χ2v) is 8.36. The standard InChI is InChI=1S/C23H24N4O4S/c1-6-31-23(28)21-16(10-27-12-24-11-25-27)26-22-19(13(2)14(3)32-22)20(21)15-7-8-17(29-4)18(9-15)30-5/h7-9,11-12H,6,10H2,1-5H3. The number of hydrogen-bond acceptors (Lipinski definition) is 8. The largest absolute Gasteiger partial charge is 0.493 e. The van der Waals surface area contributed by atoms with Crippen LogP contribution in [0.2, 0.25) is 0 Å². The van der Waals surface area contributed by atoms with Crippen LogP contribution >= 0.6 is 11.3 Å². The number of aromatic nitrogens is 4. The number of thiophene rings is 1. The molecule has 9 heteroatoms. The van der Waals surface area contributed by atoms with Crippen molar-refractivity contribution in [1.29, 1.82) is 0 Å². The zero-order valence-corrected chi connectivity index (χ0v) is 19.4. The molecule has 8 nitrogen and oxygen atoms in total. The zero-order chi connectivity index (χ0) is 22.8. The Morgan fingerprint density at radius 1 is 1.16 bits per heavy atom. The summed E-state index contributed by atoms with van der Waals surface area (Å²) < 4.78 is 18.1. The molecule has 0 amide bonds. The van der Waals surface area contributed by atoms with Gasteiger partial charge in [-0.3, -0.25) is 0 Å². The lowest BCUT2D eigenvalue weighted by Gasteiger charge is -2.17. The lowest BCUT2D eigenvalue weighted by Crippen LogP contribution is -2.15. The van der Waals surface area contributed by atoms with E-state index in [0.717, 1.165) is 31.8 Å². The van der Waals surface area contributed by atoms with Crippen LogP contribution in [0.15, 0.2) is 30.9 Å². The van der Waals surface area contributed by atoms with Crippen molar-refractivity contribution in [3.05, 3.63) is 52.6 Å². The Hall–Kier alpha value is -3.46. The number of aryl methyl sites for hydroxylation is 2. The highest BCUT2D eigenvalue weighted by atomic mass is 32.1. The molecule has 0 saturated heterocycles. The smallest absolute Gasteiger partial charge is 0.340 e. The monoisotopic (exact) mass is 452 g/mol. The number of pyridine rings is 1. The molecule has 0 aliphatic carbocycles. The molecule has 0 fully saturated rings. The molecule has 32 heavy (non-hydrogen) atoms. The summed E-state index contributed by atoms with van der Waals surface area (Å²) >= 11 is 1.60. The van der Waals surface area contributed by atoms with Crippen LogP contribution < -0.4 is 9.47 Å². The van der Waals surface area contributed by atoms with E-state index in [0.29, 0.717) is 29.3 Å². The Balaban J connectivity index is 2.08. The van der Waals surface area contributed by atoms with Crippen molar-refractivity contribution in [3.63, 3.8) is 0 Å². The molecule has 1 aromatic carbocycles. The molecule has 4 aromatic rings. The Morgan fingerprint density at radius 2 is 1.94 bits per heavy atom. The number of fused-ring (bicyclic) bond motifs is 1. The van der Waals surface area contributed by atoms with Gasteiger partial charge in [-0.2, -0.15) is 5.10 Å². The minimum absolute atomic E-state index is 0.257. The lowest BCUT2D eigenvalue weighted by molar-refractivity contribution is 0.0525. The van der Waals surface area contributed by atoms with Crippen LogP contribution in [0.1, 0.15) is 33.4 Å². The number of hydrogen-bond donors (Lipinski definition) is 0. The summed E-state index contributed by atoms with van der Waals surface area (Å²) in [5.41, 5.74) is 3.67. The third-order valence-corrected chi connectivity index (χ3v) is 6.42. The van der Waals surface area contributed by atoms with Gasteiger partial charge < -0.3 is 14.2 Å². The zero-order valence-electron chi connectivity index (χ0n) is 18.6. The molecular weight excluding hydrogens is 428 g/mol. The van der Waals surface area contributed by atoms with Gasteiger partial charge in [-0.15, -0.1) is 11.3 Å². The summed E-state index contributed by atoms with van der Waals surface area (Å²) in [7, 11) is 3.18. The maximum absolute atomic E-state index is 13.3. The summed E-state index contributed by atoms with van der Waals surface area (Å²) in [6, 6.07) is 5.63. The predicted molar refractivity (Wildman–Crippen MR) is 123 cm³/mol. The number of carbonyl (C=O) groups is 1. The predicted octanol–water partition coefficient (Wildman–Crippen LogP) is 4.41. The fourth-order valence-electron chi connectivity index (χ4n) is 3.72. The Kier molecular flexibility index (Phi) is 6.09. The third kappa shape index (κ3) is 3.80. The summed E-state index contributed by atoms with van der Waals surface area (Å²) in [4.78, 5) is 24.1. The van der Waals surface area contributed by atoms with Crippen LogP contribution in [-0.4, -0.2) is 46.5 Å². The van der Waals surface area contributed by atoms with Gasteiger partial charge in [0.25, 0.3) is 0 Å². The molecule has 0 atom stereocenters. The lowest BCUT2D eigenvalue weighted by atomic mass is 9.93. The number of carbonyl (C=O) groups excluding carboxylic acids is 1. The van der Waals surface area contributed by atoms with Crippen molar-refractivity contribution in [1.82, 2.24) is 19.7 Å². The van der Waals surface area contributed by atoms with Crippen LogP contribution in [0.3, 0.4) is 0 Å². The van der Waals surface area contributed by atoms with Gasteiger partial charge in [0.05, 0.1) is 38.6 Å². The minimum atomic E-state index is -0.426. The number of ether oxygens (including phenoxy) is 3. The molecule has 0 aliphatic rings. The van der Waals surface area contributed by atoms with Crippen molar-refractivity contribution >= 4 is 27.5 Å². The van der Waals surface area contributed by atoms with Crippen molar-refractivity contribution in [2.75, 3.05) is 20.8 Å². The van der Waals surface area contributed by atoms with Crippen LogP contribution in [0.5, 0.6) is 11.5 Å². The van der Waals surface area contributed by atoms with Gasteiger partial charge in [0.1, 0.15) is 17.5 Å². The Labute approximate surface area is 189 Å². The topological polar surface area (TPSA) is 88.4 Å². The molecule has 0 bridgehead atoms. The first-order valence-corrected chi connectivity index (χ1v) is 10.9. The molecule has 0 radical (unpaired) electrons. The Morgan fingerprint density at radius 3 is 2.59 bits per heavy atom. The number of benzene rings is 1. The number of esters is 1. The minimum Gasteiger partial charge on any atom is -0.493 e. The highest BCUT2D eigenvalue weighted by Crippen LogP contribution is 2.42. The summed E-state index contributed by atoms with van der Waals surface area (Å²) in [6.07, 6.45) is 3.05. The molecular formula is C23H24N4O4S. The average Bonchev–Trinajstić information content (AvgIpc) is 3.40. The molecule has 0 saturated carbocycles. The van der Waals surface area contributed by atoms with Crippen molar-refractivity contribution in [3.8, 4) is 22.6 Å². The van der Waals surface area contributed by atoms with Crippen LogP contribution in [0, 0.1) is 13.8 Å². The van der Waals surface area contributed by atoms with Crippen LogP contribution in [0.25, 0.3) is 21.3 Å². The number of methoxy groups -OCH3 is 2. The van der Waals surface area contributed by atoms with Gasteiger partial charge in [0, 0.05) is 15.8 Å². The SMILES string of the molecule is CCOC(=O)c1c(Cn2cncn2)nc2sc(C)c(C)c2c1-c1ccc(OC)c(OC)c1. The molecule has 3 heterocycles. The first-order valence-electron chi connectivity index (χ1n) is 10.1. The highest BCUT2D eigenvalue weighted by Gasteiger charge is 2.27. The maximum Gasteiger partial charge on any atom is 0.340 e. The van der Waals surface area contributed by atoms with Crippen molar-refractivity contribution in [2.45, 2.75) is 27.3 Å². The first kappa shape index (κ1) is 21.8. The molecule has 0 unspecified atom stereocenters. The average molecular weight is 453 g/mol. The fourth-order valence-corrected chi connectivity index (χ4v) is 4.77. The Bertz CT molecular complexity index is 1280. The second kappa shape index (κ2) is 8.96. The number of rotatable bonds is 7. The van der Waals surface area contributed by atoms with Crippen LogP contribution in [0.4, 0.5) is 0 Å². The molecule has 3 aromatic heterocycles. The van der Waals surface area contributed by atoms with Crippen molar-refractivity contribution < 1.29 is 19.0 Å². The van der Waals surface area contributed by atoms with Gasteiger partial charge in [0.2, 0.25) is 0 Å². The highest BCUT2D eigenvalue weighted by molar-refractivity contribution is 7.18. The summed E-state index contributed by atoms with van der Waals surface area (Å²) in [5, 5.41) is 5.13. The molecule has 0 spiro atoms. The summed E-state index contributed by atoms with van der Waals surface area (Å²) in [6.45, 7) is 6.44. The van der Waals surface area contributed by atoms with E-state index in [1.807, 2.05) is 25.1 Å². The van der Waals surface area contributed by atoms with Gasteiger partial charge in [-0.25, -0.2) is 19.4 Å². The van der Waals surface area contributed by atoms with Crippen molar-refractivity contribution in [2.24, 2.45) is 0 Å². The molecule has 0 N–H and O–H groups in total. The quantitative estimate of drug-likeness (QED) is 0.384. The van der Waals surface area contributed by atoms with E-state index in [4.69, 9.17) is 19.2 Å². The van der Waals surface area contributed by atoms with E-state index in [1.54, 1.807) is 43.5 Å². The van der Waals surface area contributed by atoms with E-state index < -0.39 is 5.97 Å². The summed E-state index contributed by atoms with van der Waals surface area (Å²) in [5.74, 6) is 0.762. The van der Waals surface area contributed by atoms with Gasteiger partial charge >= 0.3 is 5.97 Å². The van der Waals surface area contributed by atoms with Gasteiger partial charge in [-0.05, 0) is 44.0 Å². The first-order chi connectivity index (χ1) is 15.5. The van der Waals surface area contributed by atoms with E-state index in [9.17, 15) is 4.79 Å². The van der Waals surface area contributed by atoms with E-state index in [-0.39, 0.29) is 6.61 Å². The van der Waals surface area contributed by atoms with E-state index >= 15 is 0 Å². The van der Waals surface area contributed by atoms with E-state index in [2.05, 4.69) is 17.0 Å². The van der Waals surface area contributed by atoms with Gasteiger partial charge in [-0.1, -0.05) is 6.07 Å². The molecule has 4 rings (SSSR count). The maximum atomic E-state index is 13.3.